The Morgan fingerprint density at radius 2 is 2.10 bits per heavy atom. The highest BCUT2D eigenvalue weighted by Crippen LogP contribution is 2.30. The lowest BCUT2D eigenvalue weighted by atomic mass is 10.2. The van der Waals surface area contributed by atoms with Crippen LogP contribution >= 0.6 is 11.8 Å². The number of hydrogen-bond donors (Lipinski definition) is 1. The van der Waals surface area contributed by atoms with Gasteiger partial charge in [-0.25, -0.2) is 4.39 Å². The van der Waals surface area contributed by atoms with Crippen LogP contribution in [0.15, 0.2) is 28.3 Å². The van der Waals surface area contributed by atoms with Crippen LogP contribution in [0.25, 0.3) is 0 Å². The Balaban J connectivity index is 2.27. The van der Waals surface area contributed by atoms with Crippen LogP contribution in [0.1, 0.15) is 25.2 Å². The summed E-state index contributed by atoms with van der Waals surface area (Å²) < 4.78 is 15.9. The zero-order valence-electron chi connectivity index (χ0n) is 12.1. The van der Waals surface area contributed by atoms with Crippen LogP contribution in [-0.2, 0) is 13.6 Å². The van der Waals surface area contributed by atoms with Crippen LogP contribution in [0, 0.1) is 12.7 Å². The van der Waals surface area contributed by atoms with Crippen LogP contribution in [0.2, 0.25) is 0 Å². The monoisotopic (exact) mass is 294 g/mol. The molecule has 1 aromatic carbocycles. The summed E-state index contributed by atoms with van der Waals surface area (Å²) in [6, 6.07) is 5.43. The first kappa shape index (κ1) is 15.0. The molecule has 2 aromatic rings. The van der Waals surface area contributed by atoms with Gasteiger partial charge in [0.05, 0.1) is 0 Å². The molecule has 1 N–H and O–H groups in total. The molecule has 20 heavy (non-hydrogen) atoms. The van der Waals surface area contributed by atoms with E-state index in [4.69, 9.17) is 0 Å². The van der Waals surface area contributed by atoms with Crippen molar-refractivity contribution in [3.05, 3.63) is 35.4 Å². The summed E-state index contributed by atoms with van der Waals surface area (Å²) in [6.07, 6.45) is 0. The third-order valence-electron chi connectivity index (χ3n) is 3.02. The van der Waals surface area contributed by atoms with E-state index in [-0.39, 0.29) is 5.82 Å². The number of halogens is 1. The maximum atomic E-state index is 14.0. The molecule has 0 fully saturated rings. The molecule has 0 atom stereocenters. The van der Waals surface area contributed by atoms with Gasteiger partial charge >= 0.3 is 0 Å². The Kier molecular flexibility index (Phi) is 4.77. The summed E-state index contributed by atoms with van der Waals surface area (Å²) in [5.74, 6) is 0.646. The second-order valence-corrected chi connectivity index (χ2v) is 5.95. The minimum Gasteiger partial charge on any atom is -0.310 e. The van der Waals surface area contributed by atoms with Gasteiger partial charge in [0.25, 0.3) is 0 Å². The van der Waals surface area contributed by atoms with Gasteiger partial charge in [-0.1, -0.05) is 19.9 Å². The smallest absolute Gasteiger partial charge is 0.195 e. The summed E-state index contributed by atoms with van der Waals surface area (Å²) in [7, 11) is 1.91. The van der Waals surface area contributed by atoms with Crippen LogP contribution in [0.3, 0.4) is 0 Å². The number of nitrogens with one attached hydrogen (secondary N) is 1. The Labute approximate surface area is 122 Å². The highest BCUT2D eigenvalue weighted by molar-refractivity contribution is 7.99. The molecule has 0 aliphatic heterocycles. The van der Waals surface area contributed by atoms with E-state index in [1.54, 1.807) is 6.07 Å². The van der Waals surface area contributed by atoms with Crippen molar-refractivity contribution < 1.29 is 4.39 Å². The second-order valence-electron chi connectivity index (χ2n) is 4.94. The molecule has 0 aliphatic carbocycles. The van der Waals surface area contributed by atoms with Crippen molar-refractivity contribution in [1.29, 1.82) is 0 Å². The number of hydrogen-bond acceptors (Lipinski definition) is 4. The predicted molar refractivity (Wildman–Crippen MR) is 78.2 cm³/mol. The molecule has 1 heterocycles. The SMILES string of the molecule is Cc1nnc(Sc2cccc(F)c2CNC(C)C)n1C. The van der Waals surface area contributed by atoms with Gasteiger partial charge in [0.15, 0.2) is 5.16 Å². The lowest BCUT2D eigenvalue weighted by molar-refractivity contribution is 0.546. The largest absolute Gasteiger partial charge is 0.310 e. The van der Waals surface area contributed by atoms with E-state index in [0.29, 0.717) is 18.2 Å². The number of rotatable bonds is 5. The van der Waals surface area contributed by atoms with Gasteiger partial charge in [0.1, 0.15) is 11.6 Å². The molecular formula is C14H19FN4S. The number of nitrogens with zero attached hydrogens (tertiary/aromatic N) is 3. The zero-order valence-corrected chi connectivity index (χ0v) is 13.0. The second kappa shape index (κ2) is 6.37. The maximum absolute atomic E-state index is 14.0. The average Bonchev–Trinajstić information content (AvgIpc) is 2.70. The summed E-state index contributed by atoms with van der Waals surface area (Å²) in [6.45, 7) is 6.48. The minimum atomic E-state index is -0.193. The van der Waals surface area contributed by atoms with Crippen LogP contribution in [0.5, 0.6) is 0 Å². The first-order valence-corrected chi connectivity index (χ1v) is 7.35. The van der Waals surface area contributed by atoms with Crippen molar-refractivity contribution >= 4 is 11.8 Å². The molecule has 0 radical (unpaired) electrons. The summed E-state index contributed by atoms with van der Waals surface area (Å²) >= 11 is 1.44. The molecule has 0 spiro atoms. The fourth-order valence-electron chi connectivity index (χ4n) is 1.69. The lowest BCUT2D eigenvalue weighted by Gasteiger charge is -2.13. The van der Waals surface area contributed by atoms with Crippen molar-refractivity contribution in [3.8, 4) is 0 Å². The molecule has 0 amide bonds. The molecule has 0 aliphatic rings. The summed E-state index contributed by atoms with van der Waals surface area (Å²) in [5, 5.41) is 12.1. The maximum Gasteiger partial charge on any atom is 0.195 e. The number of benzene rings is 1. The predicted octanol–water partition coefficient (Wildman–Crippen LogP) is 2.91. The average molecular weight is 294 g/mol. The molecule has 4 nitrogen and oxygen atoms in total. The highest BCUT2D eigenvalue weighted by atomic mass is 32.2. The highest BCUT2D eigenvalue weighted by Gasteiger charge is 2.13. The van der Waals surface area contributed by atoms with Gasteiger partial charge in [-0.15, -0.1) is 10.2 Å². The Morgan fingerprint density at radius 3 is 2.70 bits per heavy atom. The van der Waals surface area contributed by atoms with E-state index in [0.717, 1.165) is 15.9 Å². The van der Waals surface area contributed by atoms with Gasteiger partial charge in [-0.3, -0.25) is 0 Å². The Morgan fingerprint density at radius 1 is 1.35 bits per heavy atom. The van der Waals surface area contributed by atoms with Gasteiger partial charge in [0, 0.05) is 30.1 Å². The van der Waals surface area contributed by atoms with Crippen LogP contribution in [-0.4, -0.2) is 20.8 Å². The van der Waals surface area contributed by atoms with E-state index in [2.05, 4.69) is 15.5 Å². The first-order valence-electron chi connectivity index (χ1n) is 6.53. The molecular weight excluding hydrogens is 275 g/mol. The number of aromatic nitrogens is 3. The Bertz CT molecular complexity index is 595. The van der Waals surface area contributed by atoms with Crippen molar-refractivity contribution in [2.75, 3.05) is 0 Å². The quantitative estimate of drug-likeness (QED) is 0.921. The van der Waals surface area contributed by atoms with Gasteiger partial charge in [-0.05, 0) is 30.8 Å². The molecule has 0 saturated carbocycles. The van der Waals surface area contributed by atoms with E-state index >= 15 is 0 Å². The van der Waals surface area contributed by atoms with E-state index < -0.39 is 0 Å². The fraction of sp³-hybridized carbons (Fsp3) is 0.429. The van der Waals surface area contributed by atoms with E-state index in [9.17, 15) is 4.39 Å². The molecule has 6 heteroatoms. The third-order valence-corrected chi connectivity index (χ3v) is 4.16. The standard InChI is InChI=1S/C14H19FN4S/c1-9(2)16-8-11-12(15)6-5-7-13(11)20-14-18-17-10(3)19(14)4/h5-7,9,16H,8H2,1-4H3. The fourth-order valence-corrected chi connectivity index (χ4v) is 2.67. The van der Waals surface area contributed by atoms with E-state index in [1.165, 1.54) is 17.8 Å². The first-order chi connectivity index (χ1) is 9.49. The summed E-state index contributed by atoms with van der Waals surface area (Å²) in [5.41, 5.74) is 0.673. The normalized spacial score (nSPS) is 11.3. The van der Waals surface area contributed by atoms with Gasteiger partial charge < -0.3 is 9.88 Å². The van der Waals surface area contributed by atoms with Crippen LogP contribution < -0.4 is 5.32 Å². The Hall–Kier alpha value is -1.40. The molecule has 0 bridgehead atoms. The minimum absolute atomic E-state index is 0.193. The zero-order chi connectivity index (χ0) is 14.7. The molecule has 0 unspecified atom stereocenters. The summed E-state index contributed by atoms with van der Waals surface area (Å²) in [4.78, 5) is 0.869. The van der Waals surface area contributed by atoms with Gasteiger partial charge in [0.2, 0.25) is 0 Å². The van der Waals surface area contributed by atoms with Crippen molar-refractivity contribution in [2.45, 2.75) is 43.4 Å². The molecule has 0 saturated heterocycles. The number of aryl methyl sites for hydroxylation is 1. The van der Waals surface area contributed by atoms with Gasteiger partial charge in [-0.2, -0.15) is 0 Å². The van der Waals surface area contributed by atoms with Crippen molar-refractivity contribution in [3.63, 3.8) is 0 Å². The topological polar surface area (TPSA) is 42.7 Å². The molecule has 1 aromatic heterocycles. The third kappa shape index (κ3) is 3.37. The van der Waals surface area contributed by atoms with Crippen molar-refractivity contribution in [1.82, 2.24) is 20.1 Å². The van der Waals surface area contributed by atoms with E-state index in [1.807, 2.05) is 38.5 Å². The lowest BCUT2D eigenvalue weighted by Crippen LogP contribution is -2.22. The molecule has 2 rings (SSSR count). The molecule has 108 valence electrons. The van der Waals surface area contributed by atoms with Crippen LogP contribution in [0.4, 0.5) is 4.39 Å². The van der Waals surface area contributed by atoms with Crippen molar-refractivity contribution in [2.24, 2.45) is 7.05 Å².